The van der Waals surface area contributed by atoms with Gasteiger partial charge in [-0.15, -0.1) is 0 Å². The Morgan fingerprint density at radius 1 is 1.33 bits per heavy atom. The zero-order valence-corrected chi connectivity index (χ0v) is 11.7. The van der Waals surface area contributed by atoms with Gasteiger partial charge < -0.3 is 10.2 Å². The summed E-state index contributed by atoms with van der Waals surface area (Å²) in [5, 5.41) is 3.42. The summed E-state index contributed by atoms with van der Waals surface area (Å²) in [6.45, 7) is 6.14. The van der Waals surface area contributed by atoms with Crippen molar-refractivity contribution in [3.63, 3.8) is 0 Å². The fourth-order valence-corrected chi connectivity index (χ4v) is 2.33. The summed E-state index contributed by atoms with van der Waals surface area (Å²) in [7, 11) is 0. The quantitative estimate of drug-likeness (QED) is 0.911. The highest BCUT2D eigenvalue weighted by molar-refractivity contribution is 6.28. The summed E-state index contributed by atoms with van der Waals surface area (Å²) in [6, 6.07) is 0.469. The van der Waals surface area contributed by atoms with Crippen molar-refractivity contribution in [1.29, 1.82) is 0 Å². The molecule has 2 heterocycles. The topological polar surface area (TPSA) is 53.9 Å². The van der Waals surface area contributed by atoms with E-state index in [-0.39, 0.29) is 5.28 Å². The van der Waals surface area contributed by atoms with Crippen LogP contribution in [0.3, 0.4) is 0 Å². The maximum Gasteiger partial charge on any atom is 0.231 e. The Balaban J connectivity index is 2.18. The van der Waals surface area contributed by atoms with Crippen molar-refractivity contribution in [2.75, 3.05) is 23.3 Å². The SMILES string of the molecule is CCCNc1nc(Cl)nc(N2CCCCC2C)n1. The first kappa shape index (κ1) is 13.3. The van der Waals surface area contributed by atoms with Gasteiger partial charge in [0.25, 0.3) is 0 Å². The van der Waals surface area contributed by atoms with Crippen LogP contribution in [0.15, 0.2) is 0 Å². The van der Waals surface area contributed by atoms with Crippen LogP contribution < -0.4 is 10.2 Å². The molecule has 1 N–H and O–H groups in total. The minimum absolute atomic E-state index is 0.261. The summed E-state index contributed by atoms with van der Waals surface area (Å²) < 4.78 is 0. The lowest BCUT2D eigenvalue weighted by Gasteiger charge is -2.33. The second-order valence-electron chi connectivity index (χ2n) is 4.69. The van der Waals surface area contributed by atoms with Crippen LogP contribution in [0.2, 0.25) is 5.28 Å². The first-order valence-electron chi connectivity index (χ1n) is 6.62. The van der Waals surface area contributed by atoms with Gasteiger partial charge in [-0.2, -0.15) is 15.0 Å². The Hall–Kier alpha value is -1.10. The third-order valence-corrected chi connectivity index (χ3v) is 3.36. The van der Waals surface area contributed by atoms with Crippen molar-refractivity contribution in [2.24, 2.45) is 0 Å². The fourth-order valence-electron chi connectivity index (χ4n) is 2.18. The van der Waals surface area contributed by atoms with E-state index in [1.165, 1.54) is 19.3 Å². The minimum Gasteiger partial charge on any atom is -0.354 e. The first-order chi connectivity index (χ1) is 8.70. The molecule has 1 aliphatic rings. The first-order valence-corrected chi connectivity index (χ1v) is 7.00. The van der Waals surface area contributed by atoms with Crippen LogP contribution in [-0.2, 0) is 0 Å². The smallest absolute Gasteiger partial charge is 0.231 e. The number of piperidine rings is 1. The molecule has 1 aromatic rings. The predicted molar refractivity (Wildman–Crippen MR) is 74.3 cm³/mol. The Bertz CT molecular complexity index is 398. The molecule has 1 aliphatic heterocycles. The number of halogens is 1. The number of nitrogens with one attached hydrogen (secondary N) is 1. The molecular weight excluding hydrogens is 250 g/mol. The summed E-state index contributed by atoms with van der Waals surface area (Å²) in [4.78, 5) is 15.0. The molecule has 1 fully saturated rings. The monoisotopic (exact) mass is 269 g/mol. The van der Waals surface area contributed by atoms with E-state index in [1.54, 1.807) is 0 Å². The van der Waals surface area contributed by atoms with E-state index in [9.17, 15) is 0 Å². The molecule has 0 aliphatic carbocycles. The molecule has 0 spiro atoms. The van der Waals surface area contributed by atoms with Crippen molar-refractivity contribution < 1.29 is 0 Å². The molecule has 1 unspecified atom stereocenters. The van der Waals surface area contributed by atoms with E-state index >= 15 is 0 Å². The largest absolute Gasteiger partial charge is 0.354 e. The zero-order chi connectivity index (χ0) is 13.0. The number of aromatic nitrogens is 3. The van der Waals surface area contributed by atoms with Crippen molar-refractivity contribution in [2.45, 2.75) is 45.6 Å². The maximum atomic E-state index is 5.97. The number of hydrogen-bond acceptors (Lipinski definition) is 5. The van der Waals surface area contributed by atoms with E-state index < -0.39 is 0 Å². The average molecular weight is 270 g/mol. The van der Waals surface area contributed by atoms with Gasteiger partial charge in [-0.05, 0) is 44.2 Å². The predicted octanol–water partition coefficient (Wildman–Crippen LogP) is 2.73. The molecule has 5 nitrogen and oxygen atoms in total. The number of nitrogens with zero attached hydrogens (tertiary/aromatic N) is 4. The van der Waals surface area contributed by atoms with Crippen molar-refractivity contribution >= 4 is 23.5 Å². The molecule has 18 heavy (non-hydrogen) atoms. The molecule has 100 valence electrons. The van der Waals surface area contributed by atoms with Gasteiger partial charge in [-0.25, -0.2) is 0 Å². The summed E-state index contributed by atoms with van der Waals surface area (Å²) >= 11 is 5.97. The lowest BCUT2D eigenvalue weighted by atomic mass is 10.0. The summed E-state index contributed by atoms with van der Waals surface area (Å²) in [5.41, 5.74) is 0. The second kappa shape index (κ2) is 6.18. The van der Waals surface area contributed by atoms with Crippen molar-refractivity contribution in [3.8, 4) is 0 Å². The molecule has 0 aromatic carbocycles. The summed E-state index contributed by atoms with van der Waals surface area (Å²) in [5.74, 6) is 1.27. The number of rotatable bonds is 4. The van der Waals surface area contributed by atoms with Gasteiger partial charge in [0.2, 0.25) is 17.2 Å². The number of hydrogen-bond donors (Lipinski definition) is 1. The van der Waals surface area contributed by atoms with Crippen LogP contribution >= 0.6 is 11.6 Å². The Labute approximate surface area is 113 Å². The molecular formula is C12H20ClN5. The van der Waals surface area contributed by atoms with Crippen LogP contribution in [0, 0.1) is 0 Å². The highest BCUT2D eigenvalue weighted by atomic mass is 35.5. The fraction of sp³-hybridized carbons (Fsp3) is 0.750. The van der Waals surface area contributed by atoms with Crippen LogP contribution in [-0.4, -0.2) is 34.1 Å². The van der Waals surface area contributed by atoms with E-state index in [1.807, 2.05) is 0 Å². The molecule has 0 radical (unpaired) electrons. The van der Waals surface area contributed by atoms with E-state index in [0.29, 0.717) is 17.9 Å². The molecule has 1 aromatic heterocycles. The molecule has 2 rings (SSSR count). The Morgan fingerprint density at radius 3 is 2.89 bits per heavy atom. The standard InChI is InChI=1S/C12H20ClN5/c1-3-7-14-11-15-10(13)16-12(17-11)18-8-5-4-6-9(18)2/h9H,3-8H2,1-2H3,(H,14,15,16,17). The van der Waals surface area contributed by atoms with Gasteiger partial charge in [0.05, 0.1) is 0 Å². The Kier molecular flexibility index (Phi) is 4.58. The van der Waals surface area contributed by atoms with Crippen LogP contribution in [0.1, 0.15) is 39.5 Å². The zero-order valence-electron chi connectivity index (χ0n) is 11.0. The third-order valence-electron chi connectivity index (χ3n) is 3.19. The second-order valence-corrected chi connectivity index (χ2v) is 5.03. The highest BCUT2D eigenvalue weighted by Crippen LogP contribution is 2.22. The van der Waals surface area contributed by atoms with Gasteiger partial charge in [0, 0.05) is 19.1 Å². The molecule has 0 saturated carbocycles. The van der Waals surface area contributed by atoms with Gasteiger partial charge in [0.15, 0.2) is 0 Å². The van der Waals surface area contributed by atoms with Gasteiger partial charge in [-0.1, -0.05) is 6.92 Å². The lowest BCUT2D eigenvalue weighted by Crippen LogP contribution is -2.38. The minimum atomic E-state index is 0.261. The molecule has 1 saturated heterocycles. The molecule has 0 amide bonds. The van der Waals surface area contributed by atoms with E-state index in [2.05, 4.69) is 39.0 Å². The van der Waals surface area contributed by atoms with Crippen LogP contribution in [0.5, 0.6) is 0 Å². The normalized spacial score (nSPS) is 19.9. The average Bonchev–Trinajstić information content (AvgIpc) is 2.36. The van der Waals surface area contributed by atoms with Gasteiger partial charge >= 0.3 is 0 Å². The van der Waals surface area contributed by atoms with E-state index in [4.69, 9.17) is 11.6 Å². The van der Waals surface area contributed by atoms with E-state index in [0.717, 1.165) is 19.5 Å². The maximum absolute atomic E-state index is 5.97. The lowest BCUT2D eigenvalue weighted by molar-refractivity contribution is 0.476. The van der Waals surface area contributed by atoms with Crippen molar-refractivity contribution in [3.05, 3.63) is 5.28 Å². The van der Waals surface area contributed by atoms with Crippen LogP contribution in [0.4, 0.5) is 11.9 Å². The van der Waals surface area contributed by atoms with Crippen molar-refractivity contribution in [1.82, 2.24) is 15.0 Å². The van der Waals surface area contributed by atoms with Gasteiger partial charge in [-0.3, -0.25) is 0 Å². The Morgan fingerprint density at radius 2 is 2.17 bits per heavy atom. The molecule has 6 heteroatoms. The highest BCUT2D eigenvalue weighted by Gasteiger charge is 2.21. The summed E-state index contributed by atoms with van der Waals surface area (Å²) in [6.07, 6.45) is 4.67. The molecule has 1 atom stereocenters. The third kappa shape index (κ3) is 3.22. The van der Waals surface area contributed by atoms with Gasteiger partial charge in [0.1, 0.15) is 0 Å². The van der Waals surface area contributed by atoms with Crippen LogP contribution in [0.25, 0.3) is 0 Å². The molecule has 0 bridgehead atoms. The number of anilines is 2.